The predicted molar refractivity (Wildman–Crippen MR) is 133 cm³/mol. The fourth-order valence-corrected chi connectivity index (χ4v) is 5.59. The summed E-state index contributed by atoms with van der Waals surface area (Å²) in [6, 6.07) is 9.34. The smallest absolute Gasteiger partial charge is 0.260 e. The van der Waals surface area contributed by atoms with E-state index in [-0.39, 0.29) is 5.56 Å². The molecule has 0 aliphatic carbocycles. The zero-order chi connectivity index (χ0) is 22.9. The molecule has 0 saturated heterocycles. The molecule has 5 aromatic rings. The first-order valence-corrected chi connectivity index (χ1v) is 12.3. The number of aryl methyl sites for hydroxylation is 1. The van der Waals surface area contributed by atoms with E-state index in [1.807, 2.05) is 47.2 Å². The largest absolute Gasteiger partial charge is 0.469 e. The Bertz CT molecular complexity index is 1530. The Morgan fingerprint density at radius 2 is 2.09 bits per heavy atom. The molecule has 4 aromatic heterocycles. The molecular formula is C23H18ClN5O2S2. The van der Waals surface area contributed by atoms with E-state index in [4.69, 9.17) is 16.0 Å². The van der Waals surface area contributed by atoms with Gasteiger partial charge in [0.2, 0.25) is 0 Å². The number of benzene rings is 1. The maximum atomic E-state index is 12.9. The second-order valence-corrected chi connectivity index (χ2v) is 9.41. The Morgan fingerprint density at radius 1 is 1.24 bits per heavy atom. The molecule has 10 heteroatoms. The molecule has 0 spiro atoms. The number of furan rings is 1. The van der Waals surface area contributed by atoms with Crippen LogP contribution in [-0.4, -0.2) is 24.7 Å². The number of rotatable bonds is 7. The van der Waals surface area contributed by atoms with Crippen molar-refractivity contribution in [1.29, 1.82) is 0 Å². The highest BCUT2D eigenvalue weighted by atomic mass is 35.5. The first-order valence-electron chi connectivity index (χ1n) is 10.0. The molecule has 166 valence electrons. The third-order valence-corrected chi connectivity index (χ3v) is 7.30. The van der Waals surface area contributed by atoms with E-state index >= 15 is 0 Å². The molecule has 0 bridgehead atoms. The molecule has 0 amide bonds. The van der Waals surface area contributed by atoms with E-state index in [0.29, 0.717) is 44.3 Å². The van der Waals surface area contributed by atoms with Gasteiger partial charge in [-0.05, 0) is 19.1 Å². The monoisotopic (exact) mass is 495 g/mol. The number of halogens is 1. The van der Waals surface area contributed by atoms with Crippen LogP contribution in [0.1, 0.15) is 11.6 Å². The van der Waals surface area contributed by atoms with Gasteiger partial charge in [0.25, 0.3) is 5.56 Å². The quantitative estimate of drug-likeness (QED) is 0.222. The highest BCUT2D eigenvalue weighted by molar-refractivity contribution is 7.98. The van der Waals surface area contributed by atoms with Crippen LogP contribution in [0.2, 0.25) is 5.02 Å². The lowest BCUT2D eigenvalue weighted by Crippen LogP contribution is -2.11. The van der Waals surface area contributed by atoms with Gasteiger partial charge in [0, 0.05) is 28.1 Å². The van der Waals surface area contributed by atoms with Crippen LogP contribution in [0.5, 0.6) is 0 Å². The number of hydrogen-bond acceptors (Lipinski definition) is 7. The summed E-state index contributed by atoms with van der Waals surface area (Å²) in [5, 5.41) is 12.5. The average molecular weight is 496 g/mol. The Hall–Kier alpha value is -3.14. The van der Waals surface area contributed by atoms with Crippen molar-refractivity contribution in [3.8, 4) is 22.5 Å². The van der Waals surface area contributed by atoms with E-state index in [2.05, 4.69) is 26.7 Å². The molecule has 5 rings (SSSR count). The van der Waals surface area contributed by atoms with Crippen LogP contribution in [0, 0.1) is 6.92 Å². The van der Waals surface area contributed by atoms with Crippen LogP contribution < -0.4 is 5.56 Å². The predicted octanol–water partition coefficient (Wildman–Crippen LogP) is 5.94. The van der Waals surface area contributed by atoms with E-state index in [1.54, 1.807) is 12.3 Å². The summed E-state index contributed by atoms with van der Waals surface area (Å²) in [5.41, 5.74) is 2.31. The number of nitrogens with zero attached hydrogens (tertiary/aromatic N) is 4. The van der Waals surface area contributed by atoms with Gasteiger partial charge < -0.3 is 9.40 Å². The molecule has 0 aliphatic rings. The van der Waals surface area contributed by atoms with Crippen LogP contribution >= 0.6 is 34.7 Å². The van der Waals surface area contributed by atoms with E-state index in [9.17, 15) is 4.79 Å². The Kier molecular flexibility index (Phi) is 5.92. The minimum atomic E-state index is -0.186. The van der Waals surface area contributed by atoms with E-state index in [1.165, 1.54) is 23.1 Å². The molecule has 33 heavy (non-hydrogen) atoms. The molecule has 1 N–H and O–H groups in total. The van der Waals surface area contributed by atoms with Gasteiger partial charge in [-0.15, -0.1) is 28.1 Å². The number of nitrogens with one attached hydrogen (secondary N) is 1. The molecule has 0 atom stereocenters. The summed E-state index contributed by atoms with van der Waals surface area (Å²) >= 11 is 9.22. The molecule has 0 aliphatic heterocycles. The van der Waals surface area contributed by atoms with Gasteiger partial charge in [0.05, 0.1) is 23.0 Å². The zero-order valence-electron chi connectivity index (χ0n) is 17.5. The summed E-state index contributed by atoms with van der Waals surface area (Å²) in [6.45, 7) is 6.27. The SMILES string of the molecule is C=CCn1c(SCc2nc3scc(-c4ccccc4Cl)c3c(=O)[nH]2)nnc1-c1ccoc1C. The van der Waals surface area contributed by atoms with Crippen LogP contribution in [0.15, 0.2) is 69.0 Å². The summed E-state index contributed by atoms with van der Waals surface area (Å²) in [4.78, 5) is 21.2. The second kappa shape index (κ2) is 9.01. The van der Waals surface area contributed by atoms with Gasteiger partial charge in [-0.2, -0.15) is 0 Å². The maximum Gasteiger partial charge on any atom is 0.260 e. The fraction of sp³-hybridized carbons (Fsp3) is 0.130. The van der Waals surface area contributed by atoms with Gasteiger partial charge in [-0.3, -0.25) is 9.36 Å². The minimum absolute atomic E-state index is 0.186. The lowest BCUT2D eigenvalue weighted by atomic mass is 10.1. The Labute approximate surface area is 202 Å². The Morgan fingerprint density at radius 3 is 2.85 bits per heavy atom. The van der Waals surface area contributed by atoms with Crippen molar-refractivity contribution < 1.29 is 4.42 Å². The van der Waals surface area contributed by atoms with Crippen LogP contribution in [-0.2, 0) is 12.3 Å². The summed E-state index contributed by atoms with van der Waals surface area (Å²) < 4.78 is 7.38. The number of thiophene rings is 1. The topological polar surface area (TPSA) is 89.6 Å². The maximum absolute atomic E-state index is 12.9. The molecule has 0 radical (unpaired) electrons. The lowest BCUT2D eigenvalue weighted by Gasteiger charge is -2.07. The summed E-state index contributed by atoms with van der Waals surface area (Å²) in [7, 11) is 0. The highest BCUT2D eigenvalue weighted by Gasteiger charge is 2.18. The van der Waals surface area contributed by atoms with Crippen LogP contribution in [0.25, 0.3) is 32.7 Å². The number of aromatic nitrogens is 5. The summed E-state index contributed by atoms with van der Waals surface area (Å²) in [6.07, 6.45) is 3.42. The third kappa shape index (κ3) is 4.03. The lowest BCUT2D eigenvalue weighted by molar-refractivity contribution is 0.534. The van der Waals surface area contributed by atoms with Crippen molar-refractivity contribution in [3.63, 3.8) is 0 Å². The molecule has 1 aromatic carbocycles. The van der Waals surface area contributed by atoms with E-state index < -0.39 is 0 Å². The number of allylic oxidation sites excluding steroid dienone is 1. The first-order chi connectivity index (χ1) is 16.1. The van der Waals surface area contributed by atoms with Gasteiger partial charge in [-0.25, -0.2) is 4.98 Å². The van der Waals surface area contributed by atoms with Crippen LogP contribution in [0.4, 0.5) is 0 Å². The van der Waals surface area contributed by atoms with Gasteiger partial charge in [-0.1, -0.05) is 47.6 Å². The van der Waals surface area contributed by atoms with Crippen molar-refractivity contribution in [3.05, 3.63) is 81.6 Å². The number of thioether (sulfide) groups is 1. The van der Waals surface area contributed by atoms with Crippen molar-refractivity contribution >= 4 is 44.9 Å². The number of fused-ring (bicyclic) bond motifs is 1. The molecular weight excluding hydrogens is 478 g/mol. The number of H-pyrrole nitrogens is 1. The van der Waals surface area contributed by atoms with Gasteiger partial charge in [0.1, 0.15) is 16.4 Å². The first kappa shape index (κ1) is 21.7. The number of aromatic amines is 1. The van der Waals surface area contributed by atoms with Gasteiger partial charge in [0.15, 0.2) is 11.0 Å². The van der Waals surface area contributed by atoms with Crippen LogP contribution in [0.3, 0.4) is 0 Å². The number of hydrogen-bond donors (Lipinski definition) is 1. The van der Waals surface area contributed by atoms with E-state index in [0.717, 1.165) is 22.5 Å². The standard InChI is InChI=1S/C23H18ClN5O2S2/c1-3-9-29-20(14-8-10-31-13(14)2)27-28-23(29)33-12-18-25-21(30)19-16(11-32-22(19)26-18)15-6-4-5-7-17(15)24/h3-8,10-11H,1,9,12H2,2H3,(H,25,26,30). The third-order valence-electron chi connectivity index (χ3n) is 5.12. The van der Waals surface area contributed by atoms with Gasteiger partial charge >= 0.3 is 0 Å². The molecule has 0 fully saturated rings. The summed E-state index contributed by atoms with van der Waals surface area (Å²) in [5.74, 6) is 2.49. The van der Waals surface area contributed by atoms with Crippen molar-refractivity contribution in [2.24, 2.45) is 0 Å². The normalized spacial score (nSPS) is 11.3. The second-order valence-electron chi connectivity index (χ2n) is 7.21. The highest BCUT2D eigenvalue weighted by Crippen LogP contribution is 2.35. The van der Waals surface area contributed by atoms with Crippen molar-refractivity contribution in [1.82, 2.24) is 24.7 Å². The fourth-order valence-electron chi connectivity index (χ4n) is 3.58. The Balaban J connectivity index is 1.45. The minimum Gasteiger partial charge on any atom is -0.469 e. The molecule has 4 heterocycles. The average Bonchev–Trinajstić information content (AvgIpc) is 3.52. The zero-order valence-corrected chi connectivity index (χ0v) is 19.9. The molecule has 7 nitrogen and oxygen atoms in total. The van der Waals surface area contributed by atoms with Crippen molar-refractivity contribution in [2.45, 2.75) is 24.4 Å². The van der Waals surface area contributed by atoms with Crippen molar-refractivity contribution in [2.75, 3.05) is 0 Å². The molecule has 0 saturated carbocycles. The molecule has 0 unspecified atom stereocenters.